The second kappa shape index (κ2) is 5.35. The summed E-state index contributed by atoms with van der Waals surface area (Å²) in [7, 11) is 0. The van der Waals surface area contributed by atoms with Crippen molar-refractivity contribution in [3.8, 4) is 0 Å². The Labute approximate surface area is 96.8 Å². The monoisotopic (exact) mass is 227 g/mol. The molecule has 0 aromatic carbocycles. The second-order valence-electron chi connectivity index (χ2n) is 4.72. The average molecular weight is 227 g/mol. The molecule has 2 unspecified atom stereocenters. The molecular formula is C12H21NOS. The van der Waals surface area contributed by atoms with E-state index in [4.69, 9.17) is 0 Å². The lowest BCUT2D eigenvalue weighted by molar-refractivity contribution is -0.127. The molecule has 2 fully saturated rings. The van der Waals surface area contributed by atoms with E-state index >= 15 is 0 Å². The van der Waals surface area contributed by atoms with Gasteiger partial charge in [0.05, 0.1) is 6.04 Å². The molecule has 0 spiro atoms. The smallest absolute Gasteiger partial charge is 0.149 e. The Morgan fingerprint density at radius 2 is 2.13 bits per heavy atom. The van der Waals surface area contributed by atoms with Crippen molar-refractivity contribution in [1.29, 1.82) is 0 Å². The fraction of sp³-hybridized carbons (Fsp3) is 0.917. The van der Waals surface area contributed by atoms with E-state index < -0.39 is 0 Å². The van der Waals surface area contributed by atoms with Gasteiger partial charge in [0.1, 0.15) is 5.78 Å². The second-order valence-corrected chi connectivity index (χ2v) is 5.94. The summed E-state index contributed by atoms with van der Waals surface area (Å²) in [5, 5.41) is 0. The number of rotatable bonds is 1. The molecule has 2 rings (SSSR count). The maximum absolute atomic E-state index is 11.9. The van der Waals surface area contributed by atoms with E-state index in [1.54, 1.807) is 0 Å². The van der Waals surface area contributed by atoms with Crippen molar-refractivity contribution in [2.24, 2.45) is 0 Å². The van der Waals surface area contributed by atoms with E-state index in [0.717, 1.165) is 25.8 Å². The van der Waals surface area contributed by atoms with Crippen molar-refractivity contribution >= 4 is 17.5 Å². The van der Waals surface area contributed by atoms with Gasteiger partial charge in [0, 0.05) is 24.8 Å². The van der Waals surface area contributed by atoms with Crippen LogP contribution in [0.25, 0.3) is 0 Å². The molecule has 0 aromatic rings. The third-order valence-corrected chi connectivity index (χ3v) is 4.66. The van der Waals surface area contributed by atoms with Gasteiger partial charge < -0.3 is 0 Å². The lowest BCUT2D eigenvalue weighted by Gasteiger charge is -2.36. The summed E-state index contributed by atoms with van der Waals surface area (Å²) in [6, 6.07) is 0.861. The molecule has 2 atom stereocenters. The van der Waals surface area contributed by atoms with Crippen molar-refractivity contribution in [3.05, 3.63) is 0 Å². The number of hydrogen-bond acceptors (Lipinski definition) is 3. The molecule has 2 nitrogen and oxygen atoms in total. The van der Waals surface area contributed by atoms with Crippen LogP contribution in [-0.2, 0) is 4.79 Å². The Morgan fingerprint density at radius 3 is 2.93 bits per heavy atom. The van der Waals surface area contributed by atoms with Crippen molar-refractivity contribution in [3.63, 3.8) is 0 Å². The van der Waals surface area contributed by atoms with Gasteiger partial charge in [-0.05, 0) is 31.9 Å². The highest BCUT2D eigenvalue weighted by atomic mass is 32.2. The van der Waals surface area contributed by atoms with Crippen LogP contribution in [-0.4, -0.2) is 40.8 Å². The maximum Gasteiger partial charge on any atom is 0.149 e. The van der Waals surface area contributed by atoms with Gasteiger partial charge in [-0.2, -0.15) is 11.8 Å². The molecule has 1 saturated carbocycles. The van der Waals surface area contributed by atoms with Crippen molar-refractivity contribution in [2.45, 2.75) is 51.1 Å². The van der Waals surface area contributed by atoms with E-state index in [-0.39, 0.29) is 6.04 Å². The number of nitrogens with zero attached hydrogens (tertiary/aromatic N) is 1. The lowest BCUT2D eigenvalue weighted by Crippen LogP contribution is -2.47. The molecule has 15 heavy (non-hydrogen) atoms. The highest BCUT2D eigenvalue weighted by Gasteiger charge is 2.31. The number of carbonyl (C=O) groups is 1. The fourth-order valence-electron chi connectivity index (χ4n) is 2.69. The summed E-state index contributed by atoms with van der Waals surface area (Å²) < 4.78 is 0. The van der Waals surface area contributed by atoms with E-state index in [1.165, 1.54) is 24.3 Å². The van der Waals surface area contributed by atoms with Gasteiger partial charge in [0.25, 0.3) is 0 Å². The molecule has 0 bridgehead atoms. The molecule has 0 amide bonds. The Morgan fingerprint density at radius 1 is 1.27 bits per heavy atom. The lowest BCUT2D eigenvalue weighted by atomic mass is 9.91. The molecule has 86 valence electrons. The van der Waals surface area contributed by atoms with Gasteiger partial charge in [0.2, 0.25) is 0 Å². The van der Waals surface area contributed by atoms with Crippen LogP contribution in [0.5, 0.6) is 0 Å². The zero-order valence-electron chi connectivity index (χ0n) is 9.58. The van der Waals surface area contributed by atoms with Crippen molar-refractivity contribution < 1.29 is 4.79 Å². The zero-order chi connectivity index (χ0) is 10.7. The molecule has 1 heterocycles. The van der Waals surface area contributed by atoms with E-state index in [9.17, 15) is 4.79 Å². The SMILES string of the molecule is CC1CCSCCN1C1CCCCC1=O. The summed E-state index contributed by atoms with van der Waals surface area (Å²) >= 11 is 2.04. The highest BCUT2D eigenvalue weighted by molar-refractivity contribution is 7.99. The average Bonchev–Trinajstić information content (AvgIpc) is 2.44. The first-order chi connectivity index (χ1) is 7.29. The van der Waals surface area contributed by atoms with Gasteiger partial charge in [-0.25, -0.2) is 0 Å². The van der Waals surface area contributed by atoms with Crippen LogP contribution in [0.3, 0.4) is 0 Å². The number of ketones is 1. The fourth-order valence-corrected chi connectivity index (χ4v) is 3.74. The first-order valence-electron chi connectivity index (χ1n) is 6.15. The molecule has 0 N–H and O–H groups in total. The van der Waals surface area contributed by atoms with E-state index in [1.807, 2.05) is 11.8 Å². The standard InChI is InChI=1S/C12H21NOS/c1-10-6-8-15-9-7-13(10)11-4-2-3-5-12(11)14/h10-11H,2-9H2,1H3. The van der Waals surface area contributed by atoms with Gasteiger partial charge in [-0.15, -0.1) is 0 Å². The van der Waals surface area contributed by atoms with Crippen LogP contribution in [0.15, 0.2) is 0 Å². The largest absolute Gasteiger partial charge is 0.298 e. The van der Waals surface area contributed by atoms with Crippen molar-refractivity contribution in [1.82, 2.24) is 4.90 Å². The Bertz CT molecular complexity index is 232. The summed E-state index contributed by atoms with van der Waals surface area (Å²) in [4.78, 5) is 14.4. The number of thioether (sulfide) groups is 1. The first kappa shape index (κ1) is 11.5. The van der Waals surface area contributed by atoms with Gasteiger partial charge in [-0.1, -0.05) is 6.42 Å². The molecule has 0 aromatic heterocycles. The van der Waals surface area contributed by atoms with Crippen LogP contribution in [0.2, 0.25) is 0 Å². The van der Waals surface area contributed by atoms with Gasteiger partial charge >= 0.3 is 0 Å². The Kier molecular flexibility index (Phi) is 4.09. The molecule has 0 radical (unpaired) electrons. The quantitative estimate of drug-likeness (QED) is 0.686. The minimum atomic E-state index is 0.257. The van der Waals surface area contributed by atoms with Gasteiger partial charge in [0.15, 0.2) is 0 Å². The third-order valence-electron chi connectivity index (χ3n) is 3.66. The molecule has 3 heteroatoms. The first-order valence-corrected chi connectivity index (χ1v) is 7.30. The molecule has 1 aliphatic heterocycles. The van der Waals surface area contributed by atoms with Crippen LogP contribution < -0.4 is 0 Å². The number of carbonyl (C=O) groups excluding carboxylic acids is 1. The van der Waals surface area contributed by atoms with Crippen LogP contribution in [0, 0.1) is 0 Å². The van der Waals surface area contributed by atoms with Crippen LogP contribution in [0.1, 0.15) is 39.0 Å². The van der Waals surface area contributed by atoms with E-state index in [0.29, 0.717) is 11.8 Å². The number of hydrogen-bond donors (Lipinski definition) is 0. The predicted octanol–water partition coefficient (Wildman–Crippen LogP) is 2.33. The molecular weight excluding hydrogens is 206 g/mol. The van der Waals surface area contributed by atoms with Gasteiger partial charge in [-0.3, -0.25) is 9.69 Å². The Balaban J connectivity index is 2.02. The minimum absolute atomic E-state index is 0.257. The minimum Gasteiger partial charge on any atom is -0.298 e. The van der Waals surface area contributed by atoms with Crippen LogP contribution >= 0.6 is 11.8 Å². The van der Waals surface area contributed by atoms with Crippen molar-refractivity contribution in [2.75, 3.05) is 18.1 Å². The molecule has 1 aliphatic carbocycles. The third kappa shape index (κ3) is 2.76. The maximum atomic E-state index is 11.9. The zero-order valence-corrected chi connectivity index (χ0v) is 10.4. The summed E-state index contributed by atoms with van der Waals surface area (Å²) in [6.07, 6.45) is 5.53. The Hall–Kier alpha value is -0.0200. The summed E-state index contributed by atoms with van der Waals surface area (Å²) in [6.45, 7) is 3.40. The normalized spacial score (nSPS) is 35.1. The molecule has 2 aliphatic rings. The van der Waals surface area contributed by atoms with E-state index in [2.05, 4.69) is 11.8 Å². The highest BCUT2D eigenvalue weighted by Crippen LogP contribution is 2.25. The summed E-state index contributed by atoms with van der Waals surface area (Å²) in [5.41, 5.74) is 0. The predicted molar refractivity (Wildman–Crippen MR) is 65.4 cm³/mol. The summed E-state index contributed by atoms with van der Waals surface area (Å²) in [5.74, 6) is 2.96. The topological polar surface area (TPSA) is 20.3 Å². The van der Waals surface area contributed by atoms with Crippen LogP contribution in [0.4, 0.5) is 0 Å². The number of Topliss-reactive ketones (excluding diaryl/α,β-unsaturated/α-hetero) is 1. The molecule has 1 saturated heterocycles.